The van der Waals surface area contributed by atoms with Gasteiger partial charge < -0.3 is 15.7 Å². The van der Waals surface area contributed by atoms with Crippen molar-refractivity contribution in [1.82, 2.24) is 10.6 Å². The maximum Gasteiger partial charge on any atom is 0.315 e. The topological polar surface area (TPSA) is 78.4 Å². The van der Waals surface area contributed by atoms with Gasteiger partial charge in [0.2, 0.25) is 0 Å². The maximum absolute atomic E-state index is 13.3. The number of halogens is 2. The highest BCUT2D eigenvalue weighted by Gasteiger charge is 2.23. The zero-order valence-corrected chi connectivity index (χ0v) is 11.2. The minimum absolute atomic E-state index is 0.0104. The molecule has 3 N–H and O–H groups in total. The third-order valence-corrected chi connectivity index (χ3v) is 2.49. The molecule has 20 heavy (non-hydrogen) atoms. The van der Waals surface area contributed by atoms with Gasteiger partial charge in [-0.15, -0.1) is 0 Å². The van der Waals surface area contributed by atoms with Crippen molar-refractivity contribution >= 4 is 12.0 Å². The Morgan fingerprint density at radius 3 is 2.55 bits per heavy atom. The third-order valence-electron chi connectivity index (χ3n) is 2.49. The van der Waals surface area contributed by atoms with Gasteiger partial charge in [0.25, 0.3) is 0 Å². The maximum atomic E-state index is 13.3. The number of carbonyl (C=O) groups is 2. The molecular formula is C13H16F2N2O3. The van der Waals surface area contributed by atoms with E-state index >= 15 is 0 Å². The summed E-state index contributed by atoms with van der Waals surface area (Å²) in [7, 11) is 0. The van der Waals surface area contributed by atoms with Crippen molar-refractivity contribution in [2.24, 2.45) is 0 Å². The van der Waals surface area contributed by atoms with Crippen LogP contribution in [0.5, 0.6) is 0 Å². The minimum Gasteiger partial charge on any atom is -0.481 e. The lowest BCUT2D eigenvalue weighted by molar-refractivity contribution is -0.138. The zero-order chi connectivity index (χ0) is 15.3. The summed E-state index contributed by atoms with van der Waals surface area (Å²) in [5, 5.41) is 13.5. The lowest BCUT2D eigenvalue weighted by atomic mass is 10.0. The van der Waals surface area contributed by atoms with Crippen molar-refractivity contribution in [1.29, 1.82) is 0 Å². The Morgan fingerprint density at radius 1 is 1.30 bits per heavy atom. The van der Waals surface area contributed by atoms with E-state index in [-0.39, 0.29) is 18.5 Å². The molecule has 0 saturated carbocycles. The van der Waals surface area contributed by atoms with E-state index in [1.807, 2.05) is 0 Å². The highest BCUT2D eigenvalue weighted by Crippen LogP contribution is 2.10. The van der Waals surface area contributed by atoms with Crippen molar-refractivity contribution in [3.8, 4) is 0 Å². The summed E-state index contributed by atoms with van der Waals surface area (Å²) in [6, 6.07) is 2.28. The molecule has 5 nitrogen and oxygen atoms in total. The number of rotatable bonds is 5. The molecule has 0 fully saturated rings. The fraction of sp³-hybridized carbons (Fsp3) is 0.385. The van der Waals surface area contributed by atoms with Crippen LogP contribution in [0, 0.1) is 11.6 Å². The van der Waals surface area contributed by atoms with E-state index in [2.05, 4.69) is 10.6 Å². The number of hydrogen-bond donors (Lipinski definition) is 3. The SMILES string of the molecule is CC(C)(CC(=O)O)NC(=O)NCc1cc(F)ccc1F. The number of nitrogens with one attached hydrogen (secondary N) is 2. The number of carboxylic acids is 1. The van der Waals surface area contributed by atoms with Crippen molar-refractivity contribution in [2.75, 3.05) is 0 Å². The molecule has 1 rings (SSSR count). The fourth-order valence-corrected chi connectivity index (χ4v) is 1.63. The molecule has 2 amide bonds. The van der Waals surface area contributed by atoms with Crippen LogP contribution >= 0.6 is 0 Å². The Kier molecular flexibility index (Phi) is 5.01. The molecule has 1 aromatic rings. The van der Waals surface area contributed by atoms with E-state index in [1.165, 1.54) is 0 Å². The molecule has 0 atom stereocenters. The number of urea groups is 1. The Bertz CT molecular complexity index is 518. The summed E-state index contributed by atoms with van der Waals surface area (Å²) < 4.78 is 26.2. The summed E-state index contributed by atoms with van der Waals surface area (Å²) in [6.45, 7) is 2.89. The Balaban J connectivity index is 2.55. The first-order chi connectivity index (χ1) is 9.19. The van der Waals surface area contributed by atoms with Crippen molar-refractivity contribution in [3.05, 3.63) is 35.4 Å². The first-order valence-electron chi connectivity index (χ1n) is 5.91. The molecule has 7 heteroatoms. The van der Waals surface area contributed by atoms with Gasteiger partial charge in [0.15, 0.2) is 0 Å². The minimum atomic E-state index is -1.05. The first-order valence-corrected chi connectivity index (χ1v) is 5.91. The van der Waals surface area contributed by atoms with Gasteiger partial charge >= 0.3 is 12.0 Å². The predicted octanol–water partition coefficient (Wildman–Crippen LogP) is 2.02. The van der Waals surface area contributed by atoms with E-state index in [0.29, 0.717) is 0 Å². The Morgan fingerprint density at radius 2 is 1.95 bits per heavy atom. The summed E-state index contributed by atoms with van der Waals surface area (Å²) in [6.07, 6.45) is -0.255. The average molecular weight is 286 g/mol. The van der Waals surface area contributed by atoms with Gasteiger partial charge in [0, 0.05) is 17.6 Å². The van der Waals surface area contributed by atoms with E-state index in [0.717, 1.165) is 18.2 Å². The van der Waals surface area contributed by atoms with Gasteiger partial charge in [-0.1, -0.05) is 0 Å². The van der Waals surface area contributed by atoms with E-state index in [4.69, 9.17) is 5.11 Å². The molecule has 0 radical (unpaired) electrons. The van der Waals surface area contributed by atoms with Gasteiger partial charge in [0.05, 0.1) is 6.42 Å². The molecule has 0 heterocycles. The molecular weight excluding hydrogens is 270 g/mol. The molecule has 0 aliphatic heterocycles. The molecule has 110 valence electrons. The highest BCUT2D eigenvalue weighted by molar-refractivity contribution is 5.76. The van der Waals surface area contributed by atoms with Gasteiger partial charge in [0.1, 0.15) is 11.6 Å². The van der Waals surface area contributed by atoms with Gasteiger partial charge in [-0.25, -0.2) is 13.6 Å². The van der Waals surface area contributed by atoms with Crippen LogP contribution in [0.1, 0.15) is 25.8 Å². The summed E-state index contributed by atoms with van der Waals surface area (Å²) in [5.74, 6) is -2.28. The van der Waals surface area contributed by atoms with Crippen LogP contribution in [0.2, 0.25) is 0 Å². The second kappa shape index (κ2) is 6.31. The molecule has 0 bridgehead atoms. The summed E-state index contributed by atoms with van der Waals surface area (Å²) in [4.78, 5) is 22.2. The molecule has 0 saturated heterocycles. The summed E-state index contributed by atoms with van der Waals surface area (Å²) >= 11 is 0. The largest absolute Gasteiger partial charge is 0.481 e. The molecule has 0 aliphatic carbocycles. The van der Waals surface area contributed by atoms with Crippen LogP contribution in [-0.4, -0.2) is 22.6 Å². The molecule has 0 aliphatic rings. The van der Waals surface area contributed by atoms with Crippen LogP contribution in [0.4, 0.5) is 13.6 Å². The number of aliphatic carboxylic acids is 1. The van der Waals surface area contributed by atoms with Crippen molar-refractivity contribution in [2.45, 2.75) is 32.4 Å². The molecule has 0 spiro atoms. The third kappa shape index (κ3) is 5.21. The number of carboxylic acid groups (broad SMARTS) is 1. The lowest BCUT2D eigenvalue weighted by Crippen LogP contribution is -2.49. The lowest BCUT2D eigenvalue weighted by Gasteiger charge is -2.24. The van der Waals surface area contributed by atoms with Gasteiger partial charge in [-0.05, 0) is 32.0 Å². The normalized spacial score (nSPS) is 11.0. The van der Waals surface area contributed by atoms with Crippen LogP contribution in [0.3, 0.4) is 0 Å². The van der Waals surface area contributed by atoms with Crippen LogP contribution < -0.4 is 10.6 Å². The average Bonchev–Trinajstić information content (AvgIpc) is 2.27. The number of amides is 2. The van der Waals surface area contributed by atoms with E-state index in [9.17, 15) is 18.4 Å². The number of benzene rings is 1. The van der Waals surface area contributed by atoms with Crippen LogP contribution in [0.15, 0.2) is 18.2 Å². The first kappa shape index (κ1) is 15.9. The number of carbonyl (C=O) groups excluding carboxylic acids is 1. The Hall–Kier alpha value is -2.18. The van der Waals surface area contributed by atoms with Gasteiger partial charge in [-0.2, -0.15) is 0 Å². The van der Waals surface area contributed by atoms with Crippen LogP contribution in [-0.2, 0) is 11.3 Å². The van der Waals surface area contributed by atoms with E-state index in [1.54, 1.807) is 13.8 Å². The second-order valence-electron chi connectivity index (χ2n) is 5.00. The summed E-state index contributed by atoms with van der Waals surface area (Å²) in [5.41, 5.74) is -0.938. The smallest absolute Gasteiger partial charge is 0.315 e. The Labute approximate surface area is 115 Å². The van der Waals surface area contributed by atoms with Crippen molar-refractivity contribution < 1.29 is 23.5 Å². The van der Waals surface area contributed by atoms with Crippen molar-refractivity contribution in [3.63, 3.8) is 0 Å². The zero-order valence-electron chi connectivity index (χ0n) is 11.2. The van der Waals surface area contributed by atoms with Crippen LogP contribution in [0.25, 0.3) is 0 Å². The highest BCUT2D eigenvalue weighted by atomic mass is 19.1. The van der Waals surface area contributed by atoms with Gasteiger partial charge in [-0.3, -0.25) is 4.79 Å². The number of hydrogen-bond acceptors (Lipinski definition) is 2. The molecule has 0 unspecified atom stereocenters. The standard InChI is InChI=1S/C13H16F2N2O3/c1-13(2,6-11(18)19)17-12(20)16-7-8-5-9(14)3-4-10(8)15/h3-5H,6-7H2,1-2H3,(H,18,19)(H2,16,17,20). The fourth-order valence-electron chi connectivity index (χ4n) is 1.63. The van der Waals surface area contributed by atoms with E-state index < -0.39 is 29.2 Å². The molecule has 1 aromatic carbocycles. The predicted molar refractivity (Wildman–Crippen MR) is 68.1 cm³/mol. The quantitative estimate of drug-likeness (QED) is 0.775. The monoisotopic (exact) mass is 286 g/mol. The molecule has 0 aromatic heterocycles. The second-order valence-corrected chi connectivity index (χ2v) is 5.00.